The van der Waals surface area contributed by atoms with E-state index >= 15 is 0 Å². The van der Waals surface area contributed by atoms with Gasteiger partial charge in [0.15, 0.2) is 0 Å². The van der Waals surface area contributed by atoms with Crippen LogP contribution in [0.5, 0.6) is 11.5 Å². The number of anilines is 2. The van der Waals surface area contributed by atoms with Crippen molar-refractivity contribution in [2.24, 2.45) is 5.92 Å². The van der Waals surface area contributed by atoms with Gasteiger partial charge in [-0.05, 0) is 72.0 Å². The van der Waals surface area contributed by atoms with Crippen LogP contribution in [0, 0.1) is 5.92 Å². The number of piperidine rings is 1. The molecule has 35 heavy (non-hydrogen) atoms. The SMILES string of the molecule is COc1ccc([C@H]2[C@@H](C(=O)Nc3ccc(C(C)C)cc3)CCC(=O)N2c2ccc(OC)cc2)cc1. The first-order chi connectivity index (χ1) is 16.9. The zero-order valence-electron chi connectivity index (χ0n) is 20.7. The van der Waals surface area contributed by atoms with Gasteiger partial charge in [0.25, 0.3) is 0 Å². The quantitative estimate of drug-likeness (QED) is 0.461. The lowest BCUT2D eigenvalue weighted by molar-refractivity contribution is -0.125. The lowest BCUT2D eigenvalue weighted by Crippen LogP contribution is -2.46. The number of methoxy groups -OCH3 is 2. The Morgan fingerprint density at radius 3 is 2.00 bits per heavy atom. The largest absolute Gasteiger partial charge is 0.497 e. The predicted molar refractivity (Wildman–Crippen MR) is 138 cm³/mol. The Hall–Kier alpha value is -3.80. The van der Waals surface area contributed by atoms with Crippen LogP contribution in [0.2, 0.25) is 0 Å². The van der Waals surface area contributed by atoms with Crippen molar-refractivity contribution in [3.05, 3.63) is 83.9 Å². The molecule has 1 N–H and O–H groups in total. The molecule has 1 aliphatic heterocycles. The topological polar surface area (TPSA) is 67.9 Å². The van der Waals surface area contributed by atoms with Crippen LogP contribution < -0.4 is 19.7 Å². The second-order valence-corrected chi connectivity index (χ2v) is 9.09. The minimum absolute atomic E-state index is 0.0127. The molecule has 1 fully saturated rings. The summed E-state index contributed by atoms with van der Waals surface area (Å²) < 4.78 is 10.6. The minimum Gasteiger partial charge on any atom is -0.497 e. The Kier molecular flexibility index (Phi) is 7.39. The van der Waals surface area contributed by atoms with Crippen LogP contribution in [0.25, 0.3) is 0 Å². The van der Waals surface area contributed by atoms with Gasteiger partial charge >= 0.3 is 0 Å². The maximum atomic E-state index is 13.6. The molecule has 3 aromatic rings. The van der Waals surface area contributed by atoms with Crippen LogP contribution in [0.3, 0.4) is 0 Å². The molecule has 1 saturated heterocycles. The smallest absolute Gasteiger partial charge is 0.229 e. The molecule has 0 radical (unpaired) electrons. The number of carbonyl (C=O) groups is 2. The van der Waals surface area contributed by atoms with Gasteiger partial charge in [0, 0.05) is 17.8 Å². The van der Waals surface area contributed by atoms with E-state index in [0.717, 1.165) is 22.7 Å². The lowest BCUT2D eigenvalue weighted by atomic mass is 9.83. The van der Waals surface area contributed by atoms with Gasteiger partial charge in [-0.3, -0.25) is 9.59 Å². The zero-order valence-corrected chi connectivity index (χ0v) is 20.7. The van der Waals surface area contributed by atoms with Gasteiger partial charge in [0.05, 0.1) is 26.2 Å². The fourth-order valence-corrected chi connectivity index (χ4v) is 4.58. The summed E-state index contributed by atoms with van der Waals surface area (Å²) in [5, 5.41) is 3.08. The van der Waals surface area contributed by atoms with E-state index in [-0.39, 0.29) is 11.8 Å². The van der Waals surface area contributed by atoms with Crippen molar-refractivity contribution >= 4 is 23.2 Å². The van der Waals surface area contributed by atoms with Gasteiger partial charge in [0.1, 0.15) is 11.5 Å². The normalized spacial score (nSPS) is 17.9. The van der Waals surface area contributed by atoms with E-state index in [4.69, 9.17) is 9.47 Å². The minimum atomic E-state index is -0.453. The van der Waals surface area contributed by atoms with Crippen molar-refractivity contribution in [2.45, 2.75) is 38.6 Å². The molecule has 3 aromatic carbocycles. The molecular formula is C29H32N2O4. The summed E-state index contributed by atoms with van der Waals surface area (Å²) in [5.41, 5.74) is 3.58. The van der Waals surface area contributed by atoms with Crippen molar-refractivity contribution in [1.29, 1.82) is 0 Å². The van der Waals surface area contributed by atoms with E-state index < -0.39 is 12.0 Å². The van der Waals surface area contributed by atoms with Gasteiger partial charge < -0.3 is 19.7 Å². The Morgan fingerprint density at radius 1 is 0.886 bits per heavy atom. The fraction of sp³-hybridized carbons (Fsp3) is 0.310. The second-order valence-electron chi connectivity index (χ2n) is 9.09. The summed E-state index contributed by atoms with van der Waals surface area (Å²) in [6.45, 7) is 4.28. The van der Waals surface area contributed by atoms with E-state index in [9.17, 15) is 9.59 Å². The molecule has 4 rings (SSSR count). The van der Waals surface area contributed by atoms with Crippen LogP contribution in [-0.2, 0) is 9.59 Å². The maximum absolute atomic E-state index is 13.6. The van der Waals surface area contributed by atoms with E-state index in [1.165, 1.54) is 5.56 Å². The first-order valence-corrected chi connectivity index (χ1v) is 11.9. The van der Waals surface area contributed by atoms with Gasteiger partial charge in [-0.15, -0.1) is 0 Å². The van der Waals surface area contributed by atoms with Gasteiger partial charge in [0.2, 0.25) is 11.8 Å². The third-order valence-corrected chi connectivity index (χ3v) is 6.59. The highest BCUT2D eigenvalue weighted by Crippen LogP contribution is 2.41. The molecule has 0 bridgehead atoms. The number of carbonyl (C=O) groups excluding carboxylic acids is 2. The number of ether oxygens (including phenoxy) is 2. The third-order valence-electron chi connectivity index (χ3n) is 6.59. The van der Waals surface area contributed by atoms with E-state index in [2.05, 4.69) is 19.2 Å². The molecule has 2 amide bonds. The molecular weight excluding hydrogens is 440 g/mol. The van der Waals surface area contributed by atoms with Crippen LogP contribution in [0.15, 0.2) is 72.8 Å². The molecule has 1 aliphatic rings. The molecule has 0 aromatic heterocycles. The first kappa shape index (κ1) is 24.3. The number of nitrogens with one attached hydrogen (secondary N) is 1. The maximum Gasteiger partial charge on any atom is 0.229 e. The predicted octanol–water partition coefficient (Wildman–Crippen LogP) is 5.95. The lowest BCUT2D eigenvalue weighted by Gasteiger charge is -2.41. The summed E-state index contributed by atoms with van der Waals surface area (Å²) in [6, 6.07) is 22.4. The van der Waals surface area contributed by atoms with Crippen molar-refractivity contribution in [3.8, 4) is 11.5 Å². The van der Waals surface area contributed by atoms with Crippen molar-refractivity contribution in [1.82, 2.24) is 0 Å². The molecule has 0 saturated carbocycles. The number of nitrogens with zero attached hydrogens (tertiary/aromatic N) is 1. The molecule has 0 unspecified atom stereocenters. The fourth-order valence-electron chi connectivity index (χ4n) is 4.58. The third kappa shape index (κ3) is 5.32. The average molecular weight is 473 g/mol. The van der Waals surface area contributed by atoms with Crippen molar-refractivity contribution in [3.63, 3.8) is 0 Å². The second kappa shape index (κ2) is 10.6. The Bertz CT molecular complexity index is 1150. The van der Waals surface area contributed by atoms with Crippen molar-refractivity contribution in [2.75, 3.05) is 24.4 Å². The molecule has 1 heterocycles. The van der Waals surface area contributed by atoms with E-state index in [1.54, 1.807) is 19.1 Å². The highest BCUT2D eigenvalue weighted by Gasteiger charge is 2.41. The summed E-state index contributed by atoms with van der Waals surface area (Å²) in [4.78, 5) is 28.6. The van der Waals surface area contributed by atoms with E-state index in [0.29, 0.717) is 24.5 Å². The highest BCUT2D eigenvalue weighted by molar-refractivity contribution is 6.00. The molecule has 6 nitrogen and oxygen atoms in total. The summed E-state index contributed by atoms with van der Waals surface area (Å²) in [5.74, 6) is 1.31. The highest BCUT2D eigenvalue weighted by atomic mass is 16.5. The molecule has 0 aliphatic carbocycles. The Morgan fingerprint density at radius 2 is 1.46 bits per heavy atom. The molecule has 2 atom stereocenters. The summed E-state index contributed by atoms with van der Waals surface area (Å²) in [6.07, 6.45) is 0.765. The van der Waals surface area contributed by atoms with Gasteiger partial charge in [-0.25, -0.2) is 0 Å². The number of hydrogen-bond donors (Lipinski definition) is 1. The van der Waals surface area contributed by atoms with Crippen molar-refractivity contribution < 1.29 is 19.1 Å². The summed E-state index contributed by atoms with van der Waals surface area (Å²) >= 11 is 0. The van der Waals surface area contributed by atoms with Crippen LogP contribution >= 0.6 is 0 Å². The van der Waals surface area contributed by atoms with Gasteiger partial charge in [-0.2, -0.15) is 0 Å². The molecule has 182 valence electrons. The zero-order chi connectivity index (χ0) is 24.9. The number of rotatable bonds is 7. The monoisotopic (exact) mass is 472 g/mol. The Balaban J connectivity index is 1.69. The Labute approximate surface area is 206 Å². The first-order valence-electron chi connectivity index (χ1n) is 11.9. The average Bonchev–Trinajstić information content (AvgIpc) is 2.89. The summed E-state index contributed by atoms with van der Waals surface area (Å²) in [7, 11) is 3.22. The molecule has 6 heteroatoms. The van der Waals surface area contributed by atoms with Gasteiger partial charge in [-0.1, -0.05) is 38.1 Å². The van der Waals surface area contributed by atoms with Crippen LogP contribution in [0.4, 0.5) is 11.4 Å². The van der Waals surface area contributed by atoms with Crippen LogP contribution in [-0.4, -0.2) is 26.0 Å². The molecule has 0 spiro atoms. The van der Waals surface area contributed by atoms with Crippen LogP contribution in [0.1, 0.15) is 49.8 Å². The number of benzene rings is 3. The van der Waals surface area contributed by atoms with E-state index in [1.807, 2.05) is 72.8 Å². The number of hydrogen-bond acceptors (Lipinski definition) is 4. The standard InChI is InChI=1S/C29H32N2O4/c1-19(2)20-5-9-22(10-6-20)30-29(33)26-17-18-27(32)31(23-11-15-25(35-4)16-12-23)28(26)21-7-13-24(34-3)14-8-21/h5-16,19,26,28H,17-18H2,1-4H3,(H,30,33)/t26-,28-/m0/s1. The number of amides is 2.